The molecule has 1 unspecified atom stereocenters. The summed E-state index contributed by atoms with van der Waals surface area (Å²) in [6, 6.07) is 20.1. The Morgan fingerprint density at radius 2 is 1.73 bits per heavy atom. The van der Waals surface area contributed by atoms with Gasteiger partial charge in [-0.3, -0.25) is 9.59 Å². The minimum Gasteiger partial charge on any atom is -0.336 e. The second-order valence-corrected chi connectivity index (χ2v) is 13.3. The van der Waals surface area contributed by atoms with E-state index in [1.807, 2.05) is 73.9 Å². The van der Waals surface area contributed by atoms with Crippen LogP contribution in [0.2, 0.25) is 0 Å². The fourth-order valence-corrected chi connectivity index (χ4v) is 5.67. The summed E-state index contributed by atoms with van der Waals surface area (Å²) in [4.78, 5) is 33.1. The zero-order chi connectivity index (χ0) is 32.7. The molecule has 45 heavy (non-hydrogen) atoms. The van der Waals surface area contributed by atoms with Crippen molar-refractivity contribution in [3.63, 3.8) is 0 Å². The maximum Gasteiger partial charge on any atom is 0.274 e. The molecule has 0 spiro atoms. The summed E-state index contributed by atoms with van der Waals surface area (Å²) in [7, 11) is 6.06. The lowest BCUT2D eigenvalue weighted by Crippen LogP contribution is -2.27. The van der Waals surface area contributed by atoms with Crippen molar-refractivity contribution >= 4 is 23.1 Å². The lowest BCUT2D eigenvalue weighted by Gasteiger charge is -2.23. The van der Waals surface area contributed by atoms with E-state index in [2.05, 4.69) is 68.4 Å². The van der Waals surface area contributed by atoms with E-state index in [4.69, 9.17) is 0 Å². The third kappa shape index (κ3) is 8.70. The molecular formula is C38H49N5O2. The fraction of sp³-hybridized carbons (Fsp3) is 0.395. The highest BCUT2D eigenvalue weighted by Gasteiger charge is 2.16. The lowest BCUT2D eigenvalue weighted by atomic mass is 9.86. The third-order valence-corrected chi connectivity index (χ3v) is 8.53. The number of carbonyl (C=O) groups is 1. The number of nitrogens with one attached hydrogen (secondary N) is 2. The number of aromatic nitrogens is 2. The first-order valence-corrected chi connectivity index (χ1v) is 16.0. The number of anilines is 3. The van der Waals surface area contributed by atoms with Gasteiger partial charge < -0.3 is 20.1 Å². The summed E-state index contributed by atoms with van der Waals surface area (Å²) in [5, 5.41) is 6.32. The molecule has 0 saturated heterocycles. The van der Waals surface area contributed by atoms with Crippen molar-refractivity contribution < 1.29 is 4.79 Å². The van der Waals surface area contributed by atoms with Crippen molar-refractivity contribution in [1.82, 2.24) is 14.5 Å². The summed E-state index contributed by atoms with van der Waals surface area (Å²) >= 11 is 0. The molecular weight excluding hydrogens is 558 g/mol. The van der Waals surface area contributed by atoms with Crippen LogP contribution >= 0.6 is 0 Å². The van der Waals surface area contributed by atoms with E-state index in [0.29, 0.717) is 23.1 Å². The molecule has 7 nitrogen and oxygen atoms in total. The summed E-state index contributed by atoms with van der Waals surface area (Å²) in [6.45, 7) is 10.7. The van der Waals surface area contributed by atoms with Crippen molar-refractivity contribution in [2.75, 3.05) is 24.7 Å². The van der Waals surface area contributed by atoms with E-state index in [-0.39, 0.29) is 16.9 Å². The van der Waals surface area contributed by atoms with E-state index >= 15 is 0 Å². The SMILES string of the molecule is CCCC(CCCc1ccc(Nc2cc(-c3cccc(NC(=O)c4ccc(C(C)(C)C)cc4)c3C)cn(C)c2=O)nc1)N(C)C. The largest absolute Gasteiger partial charge is 0.336 e. The zero-order valence-electron chi connectivity index (χ0n) is 28.2. The van der Waals surface area contributed by atoms with Crippen LogP contribution in [-0.2, 0) is 18.9 Å². The van der Waals surface area contributed by atoms with Crippen LogP contribution in [0.3, 0.4) is 0 Å². The molecule has 1 amide bonds. The van der Waals surface area contributed by atoms with Gasteiger partial charge in [0.15, 0.2) is 0 Å². The van der Waals surface area contributed by atoms with Gasteiger partial charge in [-0.05, 0) is 105 Å². The Kier molecular flexibility index (Phi) is 11.0. The van der Waals surface area contributed by atoms with Gasteiger partial charge in [-0.1, -0.05) is 64.4 Å². The summed E-state index contributed by atoms with van der Waals surface area (Å²) in [6.07, 6.45) is 9.39. The molecule has 2 aromatic heterocycles. The molecule has 1 atom stereocenters. The van der Waals surface area contributed by atoms with Crippen LogP contribution in [0.1, 0.15) is 80.4 Å². The second kappa shape index (κ2) is 14.7. The first kappa shape index (κ1) is 33.7. The highest BCUT2D eigenvalue weighted by Crippen LogP contribution is 2.30. The first-order chi connectivity index (χ1) is 21.4. The average molecular weight is 608 g/mol. The number of hydrogen-bond donors (Lipinski definition) is 2. The Morgan fingerprint density at radius 3 is 2.36 bits per heavy atom. The molecule has 4 aromatic rings. The Hall–Kier alpha value is -4.23. The Morgan fingerprint density at radius 1 is 1.00 bits per heavy atom. The quantitative estimate of drug-likeness (QED) is 0.170. The molecule has 0 saturated carbocycles. The molecule has 2 heterocycles. The molecule has 7 heteroatoms. The van der Waals surface area contributed by atoms with Gasteiger partial charge in [-0.25, -0.2) is 4.98 Å². The maximum atomic E-state index is 13.1. The van der Waals surface area contributed by atoms with Gasteiger partial charge in [0, 0.05) is 42.3 Å². The van der Waals surface area contributed by atoms with Gasteiger partial charge >= 0.3 is 0 Å². The van der Waals surface area contributed by atoms with Crippen molar-refractivity contribution in [2.24, 2.45) is 7.05 Å². The van der Waals surface area contributed by atoms with Crippen LogP contribution in [0.5, 0.6) is 0 Å². The molecule has 0 fully saturated rings. The normalized spacial score (nSPS) is 12.3. The Labute approximate surface area is 268 Å². The van der Waals surface area contributed by atoms with Crippen LogP contribution in [-0.4, -0.2) is 40.5 Å². The van der Waals surface area contributed by atoms with Crippen molar-refractivity contribution in [3.8, 4) is 11.1 Å². The third-order valence-electron chi connectivity index (χ3n) is 8.53. The number of nitrogens with zero attached hydrogens (tertiary/aromatic N) is 3. The van der Waals surface area contributed by atoms with Gasteiger partial charge in [-0.2, -0.15) is 0 Å². The molecule has 4 rings (SSSR count). The predicted molar refractivity (Wildman–Crippen MR) is 188 cm³/mol. The van der Waals surface area contributed by atoms with Gasteiger partial charge in [0.1, 0.15) is 11.5 Å². The number of rotatable bonds is 12. The summed E-state index contributed by atoms with van der Waals surface area (Å²) in [5.41, 5.74) is 6.73. The molecule has 0 bridgehead atoms. The van der Waals surface area contributed by atoms with Crippen molar-refractivity contribution in [1.29, 1.82) is 0 Å². The van der Waals surface area contributed by atoms with Crippen molar-refractivity contribution in [3.05, 3.63) is 106 Å². The number of pyridine rings is 2. The van der Waals surface area contributed by atoms with Crippen LogP contribution in [0.4, 0.5) is 17.2 Å². The Balaban J connectivity index is 1.48. The van der Waals surface area contributed by atoms with Gasteiger partial charge in [0.25, 0.3) is 11.5 Å². The molecule has 0 aliphatic heterocycles. The monoisotopic (exact) mass is 607 g/mol. The number of benzene rings is 2. The van der Waals surface area contributed by atoms with E-state index in [1.165, 1.54) is 30.4 Å². The minimum atomic E-state index is -0.161. The first-order valence-electron chi connectivity index (χ1n) is 16.0. The zero-order valence-corrected chi connectivity index (χ0v) is 28.2. The van der Waals surface area contributed by atoms with Crippen molar-refractivity contribution in [2.45, 2.75) is 78.2 Å². The van der Waals surface area contributed by atoms with Crippen LogP contribution in [0.25, 0.3) is 11.1 Å². The standard InChI is InChI=1S/C38H49N5O2/c1-9-12-31(42(6)7)14-10-13-27-17-22-35(39-24-27)40-34-23-29(25-43(8)37(34)45)32-15-11-16-33(26(32)2)41-36(44)28-18-20-30(21-19-28)38(3,4)5/h11,15-25,31H,9-10,12-14H2,1-8H3,(H,39,40)(H,41,44). The van der Waals surface area contributed by atoms with E-state index in [9.17, 15) is 9.59 Å². The second-order valence-electron chi connectivity index (χ2n) is 13.3. The predicted octanol–water partition coefficient (Wildman–Crippen LogP) is 8.10. The maximum absolute atomic E-state index is 13.1. The number of carbonyl (C=O) groups excluding carboxylic acids is 1. The summed E-state index contributed by atoms with van der Waals surface area (Å²) in [5.74, 6) is 0.465. The van der Waals surface area contributed by atoms with Crippen LogP contribution < -0.4 is 16.2 Å². The molecule has 0 aliphatic carbocycles. The minimum absolute atomic E-state index is 0.0206. The summed E-state index contributed by atoms with van der Waals surface area (Å²) < 4.78 is 1.57. The molecule has 2 N–H and O–H groups in total. The number of amides is 1. The fourth-order valence-electron chi connectivity index (χ4n) is 5.67. The van der Waals surface area contributed by atoms with Gasteiger partial charge in [0.05, 0.1) is 0 Å². The number of hydrogen-bond acceptors (Lipinski definition) is 5. The highest BCUT2D eigenvalue weighted by atomic mass is 16.1. The Bertz CT molecular complexity index is 1650. The smallest absolute Gasteiger partial charge is 0.274 e. The van der Waals surface area contributed by atoms with E-state index in [0.717, 1.165) is 35.2 Å². The van der Waals surface area contributed by atoms with E-state index in [1.54, 1.807) is 11.6 Å². The van der Waals surface area contributed by atoms with Crippen LogP contribution in [0, 0.1) is 6.92 Å². The lowest BCUT2D eigenvalue weighted by molar-refractivity contribution is 0.102. The van der Waals surface area contributed by atoms with Crippen LogP contribution in [0.15, 0.2) is 77.9 Å². The molecule has 0 radical (unpaired) electrons. The average Bonchev–Trinajstić information content (AvgIpc) is 3.00. The van der Waals surface area contributed by atoms with E-state index < -0.39 is 0 Å². The molecule has 238 valence electrons. The van der Waals surface area contributed by atoms with Gasteiger partial charge in [0.2, 0.25) is 0 Å². The molecule has 0 aliphatic rings. The number of aryl methyl sites for hydroxylation is 2. The van der Waals surface area contributed by atoms with Gasteiger partial charge in [-0.15, -0.1) is 0 Å². The molecule has 2 aromatic carbocycles. The highest BCUT2D eigenvalue weighted by molar-refractivity contribution is 6.05. The topological polar surface area (TPSA) is 79.3 Å².